The van der Waals surface area contributed by atoms with E-state index in [-0.39, 0.29) is 23.9 Å². The Morgan fingerprint density at radius 1 is 1.13 bits per heavy atom. The Kier molecular flexibility index (Phi) is 6.79. The molecule has 1 aromatic heterocycles. The lowest BCUT2D eigenvalue weighted by atomic mass is 9.96. The molecule has 1 fully saturated rings. The maximum Gasteiger partial charge on any atom is 0.256 e. The Labute approximate surface area is 178 Å². The molecule has 2 aromatic carbocycles. The van der Waals surface area contributed by atoms with Crippen LogP contribution in [0.15, 0.2) is 47.0 Å². The van der Waals surface area contributed by atoms with Crippen LogP contribution in [-0.2, 0) is 6.54 Å². The number of likely N-dealkylation sites (tertiary alicyclic amines) is 1. The van der Waals surface area contributed by atoms with Gasteiger partial charge in [-0.1, -0.05) is 29.4 Å². The van der Waals surface area contributed by atoms with Crippen molar-refractivity contribution in [3.8, 4) is 11.4 Å². The Morgan fingerprint density at radius 3 is 2.47 bits per heavy atom. The van der Waals surface area contributed by atoms with Crippen molar-refractivity contribution < 1.29 is 18.1 Å². The van der Waals surface area contributed by atoms with Gasteiger partial charge in [-0.3, -0.25) is 4.79 Å². The molecule has 1 aliphatic rings. The zero-order chi connectivity index (χ0) is 20.4. The number of benzene rings is 2. The number of aromatic nitrogens is 2. The number of nitrogens with two attached hydrogens (primary N) is 1. The second-order valence-corrected chi connectivity index (χ2v) is 7.05. The molecule has 0 atom stereocenters. The summed E-state index contributed by atoms with van der Waals surface area (Å²) in [4.78, 5) is 18.6. The molecular weight excluding hydrogens is 414 g/mol. The highest BCUT2D eigenvalue weighted by Crippen LogP contribution is 2.29. The Hall–Kier alpha value is -2.84. The van der Waals surface area contributed by atoms with Gasteiger partial charge in [0.1, 0.15) is 11.6 Å². The van der Waals surface area contributed by atoms with Crippen LogP contribution in [0.3, 0.4) is 0 Å². The molecule has 0 bridgehead atoms. The number of rotatable bonds is 4. The summed E-state index contributed by atoms with van der Waals surface area (Å²) in [5.74, 6) is -0.922. The van der Waals surface area contributed by atoms with Crippen molar-refractivity contribution in [2.24, 2.45) is 5.73 Å². The van der Waals surface area contributed by atoms with Crippen LogP contribution < -0.4 is 5.73 Å². The van der Waals surface area contributed by atoms with Crippen molar-refractivity contribution in [1.29, 1.82) is 0 Å². The topological polar surface area (TPSA) is 85.2 Å². The summed E-state index contributed by atoms with van der Waals surface area (Å²) >= 11 is 0. The monoisotopic (exact) mass is 434 g/mol. The third kappa shape index (κ3) is 4.49. The second kappa shape index (κ2) is 9.32. The van der Waals surface area contributed by atoms with E-state index in [1.54, 1.807) is 4.90 Å². The van der Waals surface area contributed by atoms with Gasteiger partial charge in [0.25, 0.3) is 5.91 Å². The minimum Gasteiger partial charge on any atom is -0.339 e. The predicted octanol–water partition coefficient (Wildman–Crippen LogP) is 3.92. The zero-order valence-electron chi connectivity index (χ0n) is 16.1. The third-order valence-electron chi connectivity index (χ3n) is 5.18. The number of piperidine rings is 1. The zero-order valence-corrected chi connectivity index (χ0v) is 16.9. The maximum absolute atomic E-state index is 13.9. The Balaban J connectivity index is 0.00000256. The van der Waals surface area contributed by atoms with E-state index in [2.05, 4.69) is 10.1 Å². The van der Waals surface area contributed by atoms with Gasteiger partial charge in [-0.25, -0.2) is 8.78 Å². The van der Waals surface area contributed by atoms with Gasteiger partial charge >= 0.3 is 0 Å². The fourth-order valence-electron chi connectivity index (χ4n) is 3.47. The molecule has 0 unspecified atom stereocenters. The first-order chi connectivity index (χ1) is 14.0. The first-order valence-corrected chi connectivity index (χ1v) is 9.42. The highest BCUT2D eigenvalue weighted by molar-refractivity contribution is 5.94. The average Bonchev–Trinajstić information content (AvgIpc) is 3.24. The molecule has 1 aliphatic heterocycles. The maximum atomic E-state index is 13.9. The summed E-state index contributed by atoms with van der Waals surface area (Å²) in [5, 5.41) is 4.06. The number of hydrogen-bond donors (Lipinski definition) is 1. The summed E-state index contributed by atoms with van der Waals surface area (Å²) in [5.41, 5.74) is 7.35. The lowest BCUT2D eigenvalue weighted by molar-refractivity contribution is 0.0699. The van der Waals surface area contributed by atoms with Gasteiger partial charge in [-0.2, -0.15) is 4.98 Å². The number of amides is 1. The van der Waals surface area contributed by atoms with Crippen LogP contribution in [0.5, 0.6) is 0 Å². The molecular formula is C21H21ClF2N4O2. The lowest BCUT2D eigenvalue weighted by Crippen LogP contribution is -2.38. The van der Waals surface area contributed by atoms with E-state index in [1.165, 1.54) is 6.07 Å². The Bertz CT molecular complexity index is 1020. The van der Waals surface area contributed by atoms with Crippen molar-refractivity contribution >= 4 is 18.3 Å². The summed E-state index contributed by atoms with van der Waals surface area (Å²) in [7, 11) is 0. The number of carbonyl (C=O) groups excluding carboxylic acids is 1. The van der Waals surface area contributed by atoms with Gasteiger partial charge in [-0.05, 0) is 30.5 Å². The summed E-state index contributed by atoms with van der Waals surface area (Å²) in [6, 6.07) is 10.6. The molecule has 6 nitrogen and oxygen atoms in total. The Morgan fingerprint density at radius 2 is 1.83 bits per heavy atom. The lowest BCUT2D eigenvalue weighted by Gasteiger charge is -2.30. The van der Waals surface area contributed by atoms with E-state index in [4.69, 9.17) is 10.3 Å². The molecule has 1 amide bonds. The highest BCUT2D eigenvalue weighted by Gasteiger charge is 2.29. The summed E-state index contributed by atoms with van der Waals surface area (Å²) < 4.78 is 32.4. The van der Waals surface area contributed by atoms with Crippen LogP contribution >= 0.6 is 12.4 Å². The van der Waals surface area contributed by atoms with E-state index < -0.39 is 17.5 Å². The molecule has 0 radical (unpaired) electrons. The van der Waals surface area contributed by atoms with E-state index in [9.17, 15) is 13.6 Å². The molecule has 158 valence electrons. The van der Waals surface area contributed by atoms with Crippen LogP contribution in [-0.4, -0.2) is 34.0 Å². The van der Waals surface area contributed by atoms with Gasteiger partial charge in [0, 0.05) is 37.2 Å². The van der Waals surface area contributed by atoms with Crippen LogP contribution in [0.25, 0.3) is 11.4 Å². The average molecular weight is 435 g/mol. The van der Waals surface area contributed by atoms with E-state index in [1.807, 2.05) is 24.3 Å². The van der Waals surface area contributed by atoms with Crippen LogP contribution in [0, 0.1) is 11.6 Å². The van der Waals surface area contributed by atoms with Crippen molar-refractivity contribution in [2.75, 3.05) is 13.1 Å². The molecule has 0 spiro atoms. The minimum absolute atomic E-state index is 0. The molecule has 0 saturated carbocycles. The van der Waals surface area contributed by atoms with Crippen LogP contribution in [0.4, 0.5) is 8.78 Å². The minimum atomic E-state index is -0.848. The standard InChI is InChI=1S/C21H20F2N4O2.ClH/c22-16-5-6-17(18(23)11-16)21(28)27-9-7-15(8-10-27)20-25-19(26-29-20)14-3-1-13(12-24)2-4-14;/h1-6,11,15H,7-10,12,24H2;1H. The smallest absolute Gasteiger partial charge is 0.256 e. The molecule has 30 heavy (non-hydrogen) atoms. The van der Waals surface area contributed by atoms with Gasteiger partial charge in [0.2, 0.25) is 11.7 Å². The molecule has 9 heteroatoms. The molecule has 2 heterocycles. The largest absolute Gasteiger partial charge is 0.339 e. The molecule has 1 saturated heterocycles. The molecule has 0 aliphatic carbocycles. The highest BCUT2D eigenvalue weighted by atomic mass is 35.5. The van der Waals surface area contributed by atoms with Gasteiger partial charge in [0.15, 0.2) is 0 Å². The van der Waals surface area contributed by atoms with E-state index in [0.717, 1.165) is 23.3 Å². The number of nitrogens with zero attached hydrogens (tertiary/aromatic N) is 3. The molecule has 2 N–H and O–H groups in total. The van der Waals surface area contributed by atoms with E-state index >= 15 is 0 Å². The summed E-state index contributed by atoms with van der Waals surface area (Å²) in [6.45, 7) is 1.34. The van der Waals surface area contributed by atoms with Crippen molar-refractivity contribution in [2.45, 2.75) is 25.3 Å². The number of carbonyl (C=O) groups is 1. The van der Waals surface area contributed by atoms with Crippen LogP contribution in [0.2, 0.25) is 0 Å². The molecule has 3 aromatic rings. The quantitative estimate of drug-likeness (QED) is 0.672. The normalized spacial score (nSPS) is 14.4. The van der Waals surface area contributed by atoms with E-state index in [0.29, 0.717) is 44.2 Å². The molecule has 4 rings (SSSR count). The fourth-order valence-corrected chi connectivity index (χ4v) is 3.47. The van der Waals surface area contributed by atoms with Crippen molar-refractivity contribution in [3.63, 3.8) is 0 Å². The van der Waals surface area contributed by atoms with Gasteiger partial charge in [0.05, 0.1) is 5.56 Å². The SMILES string of the molecule is Cl.NCc1ccc(-c2noc(C3CCN(C(=O)c4ccc(F)cc4F)CC3)n2)cc1. The van der Waals surface area contributed by atoms with Gasteiger partial charge < -0.3 is 15.2 Å². The van der Waals surface area contributed by atoms with Gasteiger partial charge in [-0.15, -0.1) is 12.4 Å². The van der Waals surface area contributed by atoms with Crippen molar-refractivity contribution in [1.82, 2.24) is 15.0 Å². The second-order valence-electron chi connectivity index (χ2n) is 7.05. The summed E-state index contributed by atoms with van der Waals surface area (Å²) in [6.07, 6.45) is 1.25. The first kappa shape index (κ1) is 21.9. The number of halogens is 3. The third-order valence-corrected chi connectivity index (χ3v) is 5.18. The van der Waals surface area contributed by atoms with Crippen molar-refractivity contribution in [3.05, 3.63) is 71.1 Å². The predicted molar refractivity (Wildman–Crippen MR) is 109 cm³/mol. The number of hydrogen-bond acceptors (Lipinski definition) is 5. The fraction of sp³-hybridized carbons (Fsp3) is 0.286. The van der Waals surface area contributed by atoms with Crippen LogP contribution in [0.1, 0.15) is 40.6 Å². The first-order valence-electron chi connectivity index (χ1n) is 9.42.